The first kappa shape index (κ1) is 32.7. The third-order valence-electron chi connectivity index (χ3n) is 10.8. The molecule has 0 amide bonds. The Bertz CT molecular complexity index is 1850. The molecule has 0 radical (unpaired) electrons. The maximum Gasteiger partial charge on any atom is 0.339 e. The van der Waals surface area contributed by atoms with E-state index in [0.29, 0.717) is 24.0 Å². The highest BCUT2D eigenvalue weighted by molar-refractivity contribution is 7.90. The van der Waals surface area contributed by atoms with E-state index in [1.807, 2.05) is 26.0 Å². The highest BCUT2D eigenvalue weighted by Gasteiger charge is 2.62. The summed E-state index contributed by atoms with van der Waals surface area (Å²) in [6, 6.07) is 18.8. The standard InChI is InChI=1S/C36H43NO7S2/c1-5-43-34(37-45(39,40)28-12-6-24(2)7-13-28)23-36(38)21-19-33-32-16-10-26-22-27(11-17-30(26)31(32)18-20-35(33,36)4)44-46(41,42)29-14-8-25(3)9-15-29/h6-9,11-15,17,22,31-33,38H,5,10,16,18-21,23H2,1-4H3/b37-34+/t31-,32-,33+,35+,36-/m1/s1. The van der Waals surface area contributed by atoms with Crippen LogP contribution in [0.5, 0.6) is 5.75 Å². The molecule has 246 valence electrons. The van der Waals surface area contributed by atoms with Gasteiger partial charge in [-0.25, -0.2) is 0 Å². The van der Waals surface area contributed by atoms with Crippen LogP contribution in [0.15, 0.2) is 80.9 Å². The van der Waals surface area contributed by atoms with Crippen LogP contribution in [-0.4, -0.2) is 40.0 Å². The second-order valence-corrected chi connectivity index (χ2v) is 16.7. The van der Waals surface area contributed by atoms with Crippen LogP contribution in [0.25, 0.3) is 0 Å². The Balaban J connectivity index is 1.21. The SMILES string of the molecule is CCO/C(C[C@]1(O)CC[C@H]2[C@@H]3CCc4cc(OS(=O)(=O)c5ccc(C)cc5)ccc4[C@H]3CC[C@@]21C)=N/S(=O)(=O)c1ccc(C)cc1. The van der Waals surface area contributed by atoms with Crippen molar-refractivity contribution < 1.29 is 30.9 Å². The summed E-state index contributed by atoms with van der Waals surface area (Å²) in [5.74, 6) is 1.27. The summed E-state index contributed by atoms with van der Waals surface area (Å²) >= 11 is 0. The minimum atomic E-state index is -4.00. The molecule has 3 aliphatic carbocycles. The predicted octanol–water partition coefficient (Wildman–Crippen LogP) is 6.87. The largest absolute Gasteiger partial charge is 0.480 e. The van der Waals surface area contributed by atoms with Crippen LogP contribution in [0.1, 0.15) is 80.5 Å². The van der Waals surface area contributed by atoms with Gasteiger partial charge >= 0.3 is 10.1 Å². The molecular formula is C36H43NO7S2. The fourth-order valence-electron chi connectivity index (χ4n) is 8.31. The summed E-state index contributed by atoms with van der Waals surface area (Å²) in [7, 11) is -7.94. The van der Waals surface area contributed by atoms with Crippen LogP contribution in [0, 0.1) is 31.1 Å². The van der Waals surface area contributed by atoms with E-state index in [-0.39, 0.29) is 34.6 Å². The van der Waals surface area contributed by atoms with Crippen molar-refractivity contribution in [3.8, 4) is 5.75 Å². The molecule has 0 unspecified atom stereocenters. The number of ether oxygens (including phenoxy) is 1. The first-order chi connectivity index (χ1) is 21.7. The molecule has 0 aromatic heterocycles. The molecule has 8 nitrogen and oxygen atoms in total. The van der Waals surface area contributed by atoms with Crippen LogP contribution in [0.2, 0.25) is 0 Å². The van der Waals surface area contributed by atoms with Gasteiger partial charge in [-0.3, -0.25) is 0 Å². The lowest BCUT2D eigenvalue weighted by atomic mass is 9.53. The molecule has 3 aromatic rings. The third kappa shape index (κ3) is 6.00. The van der Waals surface area contributed by atoms with E-state index < -0.39 is 31.2 Å². The van der Waals surface area contributed by atoms with Gasteiger partial charge in [0.05, 0.1) is 23.5 Å². The Morgan fingerprint density at radius 1 is 0.891 bits per heavy atom. The molecule has 0 spiro atoms. The molecule has 5 atom stereocenters. The lowest BCUT2D eigenvalue weighted by Gasteiger charge is -2.53. The van der Waals surface area contributed by atoms with Crippen molar-refractivity contribution in [2.24, 2.45) is 21.6 Å². The summed E-state index contributed by atoms with van der Waals surface area (Å²) in [6.07, 6.45) is 4.80. The molecule has 2 fully saturated rings. The van der Waals surface area contributed by atoms with E-state index in [1.165, 1.54) is 5.56 Å². The average Bonchev–Trinajstić information content (AvgIpc) is 3.26. The van der Waals surface area contributed by atoms with Gasteiger partial charge in [-0.1, -0.05) is 48.4 Å². The van der Waals surface area contributed by atoms with Gasteiger partial charge in [0.2, 0.25) is 5.90 Å². The molecule has 6 rings (SSSR count). The summed E-state index contributed by atoms with van der Waals surface area (Å²) in [4.78, 5) is 0.224. The molecule has 46 heavy (non-hydrogen) atoms. The fourth-order valence-corrected chi connectivity index (χ4v) is 10.2. The predicted molar refractivity (Wildman–Crippen MR) is 177 cm³/mol. The van der Waals surface area contributed by atoms with Gasteiger partial charge < -0.3 is 14.0 Å². The minimum absolute atomic E-state index is 0.0447. The number of aryl methyl sites for hydroxylation is 3. The third-order valence-corrected chi connectivity index (χ3v) is 13.4. The van der Waals surface area contributed by atoms with Gasteiger partial charge in [0, 0.05) is 0 Å². The Labute approximate surface area is 273 Å². The number of hydrogen-bond acceptors (Lipinski definition) is 7. The second kappa shape index (κ2) is 12.1. The molecule has 10 heteroatoms. The van der Waals surface area contributed by atoms with Crippen molar-refractivity contribution in [2.45, 2.75) is 94.0 Å². The van der Waals surface area contributed by atoms with E-state index in [2.05, 4.69) is 11.3 Å². The summed E-state index contributed by atoms with van der Waals surface area (Å²) in [5, 5.41) is 12.3. The van der Waals surface area contributed by atoms with Crippen molar-refractivity contribution in [2.75, 3.05) is 6.61 Å². The molecule has 3 aliphatic rings. The number of fused-ring (bicyclic) bond motifs is 5. The maximum atomic E-state index is 13.2. The molecule has 0 heterocycles. The zero-order valence-electron chi connectivity index (χ0n) is 26.9. The van der Waals surface area contributed by atoms with Crippen LogP contribution >= 0.6 is 0 Å². The highest BCUT2D eigenvalue weighted by atomic mass is 32.2. The van der Waals surface area contributed by atoms with Crippen molar-refractivity contribution in [1.82, 2.24) is 0 Å². The van der Waals surface area contributed by atoms with Gasteiger partial charge in [-0.15, -0.1) is 4.40 Å². The van der Waals surface area contributed by atoms with Crippen molar-refractivity contribution in [3.05, 3.63) is 89.0 Å². The van der Waals surface area contributed by atoms with E-state index >= 15 is 0 Å². The summed E-state index contributed by atoms with van der Waals surface area (Å²) in [5.41, 5.74) is 2.69. The normalized spacial score (nSPS) is 27.8. The van der Waals surface area contributed by atoms with Gasteiger partial charge in [-0.05, 0) is 130 Å². The Morgan fingerprint density at radius 3 is 2.20 bits per heavy atom. The van der Waals surface area contributed by atoms with Gasteiger partial charge in [0.25, 0.3) is 10.0 Å². The van der Waals surface area contributed by atoms with Crippen LogP contribution in [-0.2, 0) is 31.3 Å². The highest BCUT2D eigenvalue weighted by Crippen LogP contribution is 2.65. The Hall–Kier alpha value is -3.21. The van der Waals surface area contributed by atoms with E-state index in [4.69, 9.17) is 8.92 Å². The molecule has 0 bridgehead atoms. The Morgan fingerprint density at radius 2 is 1.54 bits per heavy atom. The van der Waals surface area contributed by atoms with E-state index in [1.54, 1.807) is 61.5 Å². The zero-order chi connectivity index (χ0) is 32.9. The minimum Gasteiger partial charge on any atom is -0.480 e. The Kier molecular flexibility index (Phi) is 8.61. The van der Waals surface area contributed by atoms with Gasteiger partial charge in [-0.2, -0.15) is 16.8 Å². The first-order valence-electron chi connectivity index (χ1n) is 16.1. The number of benzene rings is 3. The van der Waals surface area contributed by atoms with Crippen molar-refractivity contribution in [1.29, 1.82) is 0 Å². The second-order valence-electron chi connectivity index (χ2n) is 13.5. The van der Waals surface area contributed by atoms with Gasteiger partial charge in [0.1, 0.15) is 10.6 Å². The molecule has 1 N–H and O–H groups in total. The van der Waals surface area contributed by atoms with Crippen LogP contribution in [0.3, 0.4) is 0 Å². The smallest absolute Gasteiger partial charge is 0.339 e. The average molecular weight is 666 g/mol. The fraction of sp³-hybridized carbons (Fsp3) is 0.472. The zero-order valence-corrected chi connectivity index (χ0v) is 28.5. The monoisotopic (exact) mass is 665 g/mol. The molecule has 3 aromatic carbocycles. The van der Waals surface area contributed by atoms with Gasteiger partial charge in [0.15, 0.2) is 0 Å². The molecule has 0 aliphatic heterocycles. The topological polar surface area (TPSA) is 119 Å². The molecular weight excluding hydrogens is 623 g/mol. The maximum absolute atomic E-state index is 13.2. The number of sulfonamides is 1. The number of nitrogens with zero attached hydrogens (tertiary/aromatic N) is 1. The lowest BCUT2D eigenvalue weighted by Crippen LogP contribution is -2.51. The molecule has 0 saturated heterocycles. The lowest BCUT2D eigenvalue weighted by molar-refractivity contribution is -0.0997. The number of hydrogen-bond donors (Lipinski definition) is 1. The molecule has 2 saturated carbocycles. The first-order valence-corrected chi connectivity index (χ1v) is 19.0. The summed E-state index contributed by atoms with van der Waals surface area (Å²) < 4.78 is 67.6. The number of aliphatic hydroxyl groups is 1. The van der Waals surface area contributed by atoms with Crippen LogP contribution < -0.4 is 4.18 Å². The number of rotatable bonds is 8. The van der Waals surface area contributed by atoms with Crippen molar-refractivity contribution in [3.63, 3.8) is 0 Å². The van der Waals surface area contributed by atoms with E-state index in [0.717, 1.165) is 48.8 Å². The quantitative estimate of drug-likeness (QED) is 0.158. The van der Waals surface area contributed by atoms with E-state index in [9.17, 15) is 21.9 Å². The van der Waals surface area contributed by atoms with Crippen LogP contribution in [0.4, 0.5) is 0 Å². The van der Waals surface area contributed by atoms with Crippen molar-refractivity contribution >= 4 is 26.0 Å². The summed E-state index contributed by atoms with van der Waals surface area (Å²) in [6.45, 7) is 7.99.